The number of carbonyl (C=O) groups excluding carboxylic acids is 1. The molecule has 1 heterocycles. The van der Waals surface area contributed by atoms with Gasteiger partial charge in [-0.15, -0.1) is 0 Å². The Morgan fingerprint density at radius 2 is 1.86 bits per heavy atom. The standard InChI is InChI=1S/C22H18ClFN2O2/c1-2-28-16-10-8-15(9-11-16)26-21(17-5-3-4-6-18(17)22(26)27)25-14-7-12-20(24)19(23)13-14/h3-13,21,25H,2H2,1H3/t21-/m0/s1. The number of amides is 1. The summed E-state index contributed by atoms with van der Waals surface area (Å²) in [5.74, 6) is 0.147. The quantitative estimate of drug-likeness (QED) is 0.606. The maximum Gasteiger partial charge on any atom is 0.260 e. The van der Waals surface area contributed by atoms with Crippen molar-refractivity contribution < 1.29 is 13.9 Å². The summed E-state index contributed by atoms with van der Waals surface area (Å²) in [6, 6.07) is 19.2. The van der Waals surface area contributed by atoms with Crippen LogP contribution in [0.5, 0.6) is 5.75 Å². The summed E-state index contributed by atoms with van der Waals surface area (Å²) in [4.78, 5) is 14.8. The highest BCUT2D eigenvalue weighted by Gasteiger charge is 2.37. The van der Waals surface area contributed by atoms with Crippen LogP contribution in [0.15, 0.2) is 66.7 Å². The molecule has 142 valence electrons. The molecule has 1 aliphatic heterocycles. The highest BCUT2D eigenvalue weighted by Crippen LogP contribution is 2.38. The molecule has 3 aromatic carbocycles. The van der Waals surface area contributed by atoms with Crippen LogP contribution in [0.4, 0.5) is 15.8 Å². The number of nitrogens with zero attached hydrogens (tertiary/aromatic N) is 1. The molecule has 0 aromatic heterocycles. The summed E-state index contributed by atoms with van der Waals surface area (Å²) >= 11 is 5.92. The third-order valence-corrected chi connectivity index (χ3v) is 4.90. The lowest BCUT2D eigenvalue weighted by molar-refractivity contribution is 0.0993. The molecule has 4 nitrogen and oxygen atoms in total. The van der Waals surface area contributed by atoms with Crippen LogP contribution in [-0.2, 0) is 0 Å². The Bertz CT molecular complexity index is 1020. The second-order valence-corrected chi connectivity index (χ2v) is 6.77. The van der Waals surface area contributed by atoms with Gasteiger partial charge >= 0.3 is 0 Å². The molecule has 0 bridgehead atoms. The number of rotatable bonds is 5. The number of fused-ring (bicyclic) bond motifs is 1. The van der Waals surface area contributed by atoms with Crippen molar-refractivity contribution in [2.24, 2.45) is 0 Å². The van der Waals surface area contributed by atoms with E-state index in [0.29, 0.717) is 17.9 Å². The summed E-state index contributed by atoms with van der Waals surface area (Å²) in [6.07, 6.45) is -0.442. The smallest absolute Gasteiger partial charge is 0.260 e. The first-order valence-electron chi connectivity index (χ1n) is 8.95. The van der Waals surface area contributed by atoms with Crippen molar-refractivity contribution in [3.05, 3.63) is 88.7 Å². The first kappa shape index (κ1) is 18.3. The fourth-order valence-corrected chi connectivity index (χ4v) is 3.52. The molecule has 28 heavy (non-hydrogen) atoms. The molecule has 1 amide bonds. The number of benzene rings is 3. The third kappa shape index (κ3) is 3.29. The van der Waals surface area contributed by atoms with E-state index in [-0.39, 0.29) is 10.9 Å². The Morgan fingerprint density at radius 1 is 1.11 bits per heavy atom. The predicted molar refractivity (Wildman–Crippen MR) is 109 cm³/mol. The molecule has 0 saturated heterocycles. The van der Waals surface area contributed by atoms with Gasteiger partial charge in [0.15, 0.2) is 0 Å². The van der Waals surface area contributed by atoms with E-state index in [1.807, 2.05) is 49.4 Å². The Hall–Kier alpha value is -3.05. The van der Waals surface area contributed by atoms with Gasteiger partial charge in [-0.25, -0.2) is 4.39 Å². The zero-order chi connectivity index (χ0) is 19.7. The van der Waals surface area contributed by atoms with E-state index in [1.165, 1.54) is 12.1 Å². The van der Waals surface area contributed by atoms with Crippen LogP contribution in [0.1, 0.15) is 29.0 Å². The van der Waals surface area contributed by atoms with Crippen molar-refractivity contribution in [3.8, 4) is 5.75 Å². The van der Waals surface area contributed by atoms with Crippen LogP contribution in [0.2, 0.25) is 5.02 Å². The Kier molecular flexibility index (Phi) is 4.92. The molecule has 0 aliphatic carbocycles. The van der Waals surface area contributed by atoms with Gasteiger partial charge in [0.1, 0.15) is 17.7 Å². The highest BCUT2D eigenvalue weighted by molar-refractivity contribution is 6.31. The van der Waals surface area contributed by atoms with Crippen LogP contribution in [-0.4, -0.2) is 12.5 Å². The first-order valence-corrected chi connectivity index (χ1v) is 9.33. The summed E-state index contributed by atoms with van der Waals surface area (Å²) in [6.45, 7) is 2.49. The molecule has 0 spiro atoms. The summed E-state index contributed by atoms with van der Waals surface area (Å²) in [7, 11) is 0. The van der Waals surface area contributed by atoms with Gasteiger partial charge < -0.3 is 10.1 Å². The summed E-state index contributed by atoms with van der Waals surface area (Å²) < 4.78 is 19.0. The van der Waals surface area contributed by atoms with E-state index in [9.17, 15) is 9.18 Å². The van der Waals surface area contributed by atoms with E-state index in [4.69, 9.17) is 16.3 Å². The number of halogens is 2. The molecule has 6 heteroatoms. The minimum absolute atomic E-state index is 0.0234. The summed E-state index contributed by atoms with van der Waals surface area (Å²) in [5.41, 5.74) is 2.83. The SMILES string of the molecule is CCOc1ccc(N2C(=O)c3ccccc3[C@H]2Nc2ccc(F)c(Cl)c2)cc1. The van der Waals surface area contributed by atoms with E-state index >= 15 is 0 Å². The summed E-state index contributed by atoms with van der Waals surface area (Å²) in [5, 5.41) is 3.33. The minimum atomic E-state index is -0.488. The molecule has 0 fully saturated rings. The van der Waals surface area contributed by atoms with E-state index in [1.54, 1.807) is 17.0 Å². The Labute approximate surface area is 167 Å². The Balaban J connectivity index is 1.72. The number of hydrogen-bond acceptors (Lipinski definition) is 3. The number of hydrogen-bond donors (Lipinski definition) is 1. The zero-order valence-electron chi connectivity index (χ0n) is 15.2. The molecule has 0 radical (unpaired) electrons. The molecule has 4 rings (SSSR count). The fraction of sp³-hybridized carbons (Fsp3) is 0.136. The highest BCUT2D eigenvalue weighted by atomic mass is 35.5. The second-order valence-electron chi connectivity index (χ2n) is 6.37. The van der Waals surface area contributed by atoms with Gasteiger partial charge in [0.2, 0.25) is 0 Å². The van der Waals surface area contributed by atoms with Gasteiger partial charge in [-0.1, -0.05) is 29.8 Å². The maximum absolute atomic E-state index is 13.5. The number of nitrogens with one attached hydrogen (secondary N) is 1. The molecule has 0 unspecified atom stereocenters. The number of anilines is 2. The van der Waals surface area contributed by atoms with Crippen LogP contribution in [0, 0.1) is 5.82 Å². The van der Waals surface area contributed by atoms with Crippen LogP contribution >= 0.6 is 11.6 Å². The van der Waals surface area contributed by atoms with Gasteiger partial charge in [0.25, 0.3) is 5.91 Å². The number of ether oxygens (including phenoxy) is 1. The number of carbonyl (C=O) groups is 1. The average molecular weight is 397 g/mol. The lowest BCUT2D eigenvalue weighted by Gasteiger charge is -2.27. The van der Waals surface area contributed by atoms with Crippen LogP contribution < -0.4 is 15.0 Å². The van der Waals surface area contributed by atoms with Crippen molar-refractivity contribution in [2.75, 3.05) is 16.8 Å². The van der Waals surface area contributed by atoms with Crippen LogP contribution in [0.3, 0.4) is 0 Å². The largest absolute Gasteiger partial charge is 0.494 e. The monoisotopic (exact) mass is 396 g/mol. The maximum atomic E-state index is 13.5. The van der Waals surface area contributed by atoms with Gasteiger partial charge in [-0.2, -0.15) is 0 Å². The van der Waals surface area contributed by atoms with Gasteiger partial charge in [0.05, 0.1) is 11.6 Å². The molecular weight excluding hydrogens is 379 g/mol. The van der Waals surface area contributed by atoms with Gasteiger partial charge in [-0.05, 0) is 55.5 Å². The lowest BCUT2D eigenvalue weighted by Crippen LogP contribution is -2.32. The van der Waals surface area contributed by atoms with Crippen molar-refractivity contribution in [3.63, 3.8) is 0 Å². The van der Waals surface area contributed by atoms with E-state index < -0.39 is 12.0 Å². The van der Waals surface area contributed by atoms with Crippen LogP contribution in [0.25, 0.3) is 0 Å². The Morgan fingerprint density at radius 3 is 2.57 bits per heavy atom. The normalized spacial score (nSPS) is 15.5. The first-order chi connectivity index (χ1) is 13.6. The van der Waals surface area contributed by atoms with Crippen molar-refractivity contribution in [1.82, 2.24) is 0 Å². The lowest BCUT2D eigenvalue weighted by atomic mass is 10.1. The molecule has 1 aliphatic rings. The van der Waals surface area contributed by atoms with Crippen molar-refractivity contribution in [2.45, 2.75) is 13.1 Å². The topological polar surface area (TPSA) is 41.6 Å². The molecule has 3 aromatic rings. The van der Waals surface area contributed by atoms with Crippen molar-refractivity contribution >= 4 is 28.9 Å². The van der Waals surface area contributed by atoms with Gasteiger partial charge in [0, 0.05) is 22.5 Å². The fourth-order valence-electron chi connectivity index (χ4n) is 3.34. The van der Waals surface area contributed by atoms with E-state index in [2.05, 4.69) is 5.32 Å². The molecular formula is C22H18ClFN2O2. The third-order valence-electron chi connectivity index (χ3n) is 4.61. The molecule has 1 N–H and O–H groups in total. The molecule has 1 atom stereocenters. The minimum Gasteiger partial charge on any atom is -0.494 e. The molecule has 0 saturated carbocycles. The van der Waals surface area contributed by atoms with E-state index in [0.717, 1.165) is 17.0 Å². The van der Waals surface area contributed by atoms with Gasteiger partial charge in [-0.3, -0.25) is 9.69 Å². The van der Waals surface area contributed by atoms with Crippen molar-refractivity contribution in [1.29, 1.82) is 0 Å². The zero-order valence-corrected chi connectivity index (χ0v) is 15.9. The second kappa shape index (κ2) is 7.52. The average Bonchev–Trinajstić information content (AvgIpc) is 2.98. The predicted octanol–water partition coefficient (Wildman–Crippen LogP) is 5.65.